The molecular formula is C27H24N4O4S. The zero-order chi connectivity index (χ0) is 25.1. The number of rotatable bonds is 9. The van der Waals surface area contributed by atoms with Crippen molar-refractivity contribution in [2.75, 3.05) is 6.61 Å². The fourth-order valence-electron chi connectivity index (χ4n) is 4.16. The van der Waals surface area contributed by atoms with Crippen LogP contribution < -0.4 is 4.74 Å². The minimum absolute atomic E-state index is 0.153. The number of fused-ring (bicyclic) bond motifs is 1. The Labute approximate surface area is 212 Å². The topological polar surface area (TPSA) is 106 Å². The SMILES string of the molecule is CCCCOc1nc2cccc(C(=O)O)c2n1Cc1ccc(-c2ccccc2-c2nc(=S)o[nH]2)cc1. The number of hydrogen-bond donors (Lipinski definition) is 2. The minimum Gasteiger partial charge on any atom is -0.478 e. The van der Waals surface area contributed by atoms with Crippen LogP contribution >= 0.6 is 12.2 Å². The van der Waals surface area contributed by atoms with Crippen LogP contribution in [-0.2, 0) is 6.54 Å². The molecule has 0 saturated carbocycles. The molecule has 0 radical (unpaired) electrons. The maximum Gasteiger partial charge on any atom is 0.337 e. The van der Waals surface area contributed by atoms with Gasteiger partial charge in [-0.3, -0.25) is 4.57 Å². The number of nitrogens with one attached hydrogen (secondary N) is 1. The lowest BCUT2D eigenvalue weighted by Crippen LogP contribution is -2.08. The summed E-state index contributed by atoms with van der Waals surface area (Å²) in [7, 11) is 0. The van der Waals surface area contributed by atoms with Crippen LogP contribution in [0.1, 0.15) is 35.7 Å². The number of aromatic carboxylic acids is 1. The summed E-state index contributed by atoms with van der Waals surface area (Å²) in [5.74, 6) is -0.430. The molecule has 0 amide bonds. The number of para-hydroxylation sites is 1. The molecule has 0 saturated heterocycles. The molecule has 0 atom stereocenters. The third-order valence-corrected chi connectivity index (χ3v) is 6.09. The first-order valence-corrected chi connectivity index (χ1v) is 12.1. The van der Waals surface area contributed by atoms with Gasteiger partial charge in [0.1, 0.15) is 0 Å². The average molecular weight is 501 g/mol. The van der Waals surface area contributed by atoms with Crippen molar-refractivity contribution in [3.63, 3.8) is 0 Å². The van der Waals surface area contributed by atoms with Crippen LogP contribution in [0, 0.1) is 4.84 Å². The van der Waals surface area contributed by atoms with Crippen LogP contribution in [-0.4, -0.2) is 37.4 Å². The van der Waals surface area contributed by atoms with Crippen LogP contribution in [0.5, 0.6) is 6.01 Å². The van der Waals surface area contributed by atoms with Crippen molar-refractivity contribution in [3.8, 4) is 28.5 Å². The van der Waals surface area contributed by atoms with Gasteiger partial charge < -0.3 is 14.4 Å². The van der Waals surface area contributed by atoms with Crippen LogP contribution in [0.25, 0.3) is 33.5 Å². The zero-order valence-corrected chi connectivity index (χ0v) is 20.4. The summed E-state index contributed by atoms with van der Waals surface area (Å²) in [4.78, 5) is 20.9. The Bertz CT molecular complexity index is 1580. The quantitative estimate of drug-likeness (QED) is 0.180. The number of carbonyl (C=O) groups is 1. The Kier molecular flexibility index (Phi) is 6.64. The predicted molar refractivity (Wildman–Crippen MR) is 139 cm³/mol. The third-order valence-electron chi connectivity index (χ3n) is 5.92. The maximum atomic E-state index is 11.9. The number of imidazole rings is 1. The lowest BCUT2D eigenvalue weighted by molar-refractivity contribution is 0.0698. The number of aromatic nitrogens is 4. The molecule has 5 aromatic rings. The first kappa shape index (κ1) is 23.5. The van der Waals surface area contributed by atoms with E-state index in [1.54, 1.807) is 18.2 Å². The highest BCUT2D eigenvalue weighted by Crippen LogP contribution is 2.31. The highest BCUT2D eigenvalue weighted by molar-refractivity contribution is 7.71. The number of nitrogens with zero attached hydrogens (tertiary/aromatic N) is 3. The molecule has 5 rings (SSSR count). The van der Waals surface area contributed by atoms with E-state index in [1.165, 1.54) is 0 Å². The molecule has 0 spiro atoms. The van der Waals surface area contributed by atoms with Crippen molar-refractivity contribution in [2.24, 2.45) is 0 Å². The molecule has 36 heavy (non-hydrogen) atoms. The normalized spacial score (nSPS) is 11.1. The standard InChI is InChI=1S/C27H24N4O4S/c1-2-3-15-34-26-28-22-10-6-9-21(25(32)33)23(22)31(26)16-17-11-13-18(14-12-17)19-7-4-5-8-20(19)24-29-27(36)35-30-24/h4-14H,2-3,15-16H2,1H3,(H,32,33)(H,29,30,36). The van der Waals surface area contributed by atoms with Gasteiger partial charge >= 0.3 is 10.8 Å². The number of unbranched alkanes of at least 4 members (excludes halogenated alkanes) is 1. The van der Waals surface area contributed by atoms with Gasteiger partial charge in [0.05, 0.1) is 29.7 Å². The first-order valence-electron chi connectivity index (χ1n) is 11.6. The molecule has 0 aliphatic rings. The second kappa shape index (κ2) is 10.2. The second-order valence-corrected chi connectivity index (χ2v) is 8.68. The first-order chi connectivity index (χ1) is 17.5. The van der Waals surface area contributed by atoms with Crippen molar-refractivity contribution in [1.82, 2.24) is 19.7 Å². The number of hydrogen-bond acceptors (Lipinski definition) is 6. The summed E-state index contributed by atoms with van der Waals surface area (Å²) in [5.41, 5.74) is 5.18. The molecule has 2 aromatic heterocycles. The number of carboxylic acid groups (broad SMARTS) is 1. The van der Waals surface area contributed by atoms with Gasteiger partial charge in [0.15, 0.2) is 5.82 Å². The van der Waals surface area contributed by atoms with E-state index < -0.39 is 5.97 Å². The smallest absolute Gasteiger partial charge is 0.337 e. The Balaban J connectivity index is 1.51. The lowest BCUT2D eigenvalue weighted by Gasteiger charge is -2.12. The number of benzene rings is 3. The fraction of sp³-hybridized carbons (Fsp3) is 0.185. The predicted octanol–water partition coefficient (Wildman–Crippen LogP) is 6.34. The van der Waals surface area contributed by atoms with Gasteiger partial charge in [-0.05, 0) is 47.5 Å². The molecule has 0 fully saturated rings. The molecule has 0 unspecified atom stereocenters. The molecule has 182 valence electrons. The van der Waals surface area contributed by atoms with Crippen molar-refractivity contribution >= 4 is 29.2 Å². The Hall–Kier alpha value is -4.24. The molecule has 3 aromatic carbocycles. The number of ether oxygens (including phenoxy) is 1. The highest BCUT2D eigenvalue weighted by Gasteiger charge is 2.19. The lowest BCUT2D eigenvalue weighted by atomic mass is 9.98. The monoisotopic (exact) mass is 500 g/mol. The molecule has 2 N–H and O–H groups in total. The minimum atomic E-state index is -0.999. The molecular weight excluding hydrogens is 476 g/mol. The van der Waals surface area contributed by atoms with Gasteiger partial charge in [0, 0.05) is 5.56 Å². The number of carboxylic acids is 1. The van der Waals surface area contributed by atoms with E-state index in [0.717, 1.165) is 35.1 Å². The van der Waals surface area contributed by atoms with Crippen LogP contribution in [0.15, 0.2) is 71.3 Å². The van der Waals surface area contributed by atoms with E-state index in [0.29, 0.717) is 36.0 Å². The summed E-state index contributed by atoms with van der Waals surface area (Å²) in [6.45, 7) is 3.02. The van der Waals surface area contributed by atoms with Crippen LogP contribution in [0.4, 0.5) is 0 Å². The Morgan fingerprint density at radius 2 is 1.83 bits per heavy atom. The maximum absolute atomic E-state index is 11.9. The summed E-state index contributed by atoms with van der Waals surface area (Å²) < 4.78 is 12.9. The van der Waals surface area contributed by atoms with E-state index >= 15 is 0 Å². The number of H-pyrrole nitrogens is 1. The van der Waals surface area contributed by atoms with Gasteiger partial charge in [-0.15, -0.1) is 0 Å². The van der Waals surface area contributed by atoms with E-state index in [1.807, 2.05) is 53.1 Å². The summed E-state index contributed by atoms with van der Waals surface area (Å²) in [6, 6.07) is 21.5. The Morgan fingerprint density at radius 1 is 1.06 bits per heavy atom. The second-order valence-electron chi connectivity index (χ2n) is 8.33. The largest absolute Gasteiger partial charge is 0.478 e. The fourth-order valence-corrected chi connectivity index (χ4v) is 4.29. The van der Waals surface area contributed by atoms with E-state index in [9.17, 15) is 9.90 Å². The van der Waals surface area contributed by atoms with Gasteiger partial charge in [0.2, 0.25) is 0 Å². The molecule has 0 aliphatic carbocycles. The summed E-state index contributed by atoms with van der Waals surface area (Å²) >= 11 is 5.00. The molecule has 2 heterocycles. The van der Waals surface area contributed by atoms with E-state index in [4.69, 9.17) is 21.5 Å². The third kappa shape index (κ3) is 4.65. The highest BCUT2D eigenvalue weighted by atomic mass is 32.1. The van der Waals surface area contributed by atoms with Crippen molar-refractivity contribution in [2.45, 2.75) is 26.3 Å². The van der Waals surface area contributed by atoms with Gasteiger partial charge in [0.25, 0.3) is 6.01 Å². The van der Waals surface area contributed by atoms with Crippen LogP contribution in [0.3, 0.4) is 0 Å². The molecule has 0 bridgehead atoms. The molecule has 0 aliphatic heterocycles. The molecule has 9 heteroatoms. The van der Waals surface area contributed by atoms with Crippen molar-refractivity contribution < 1.29 is 19.2 Å². The van der Waals surface area contributed by atoms with Gasteiger partial charge in [-0.2, -0.15) is 9.97 Å². The van der Waals surface area contributed by atoms with E-state index in [-0.39, 0.29) is 10.4 Å². The van der Waals surface area contributed by atoms with Gasteiger partial charge in [-0.25, -0.2) is 9.95 Å². The Morgan fingerprint density at radius 3 is 2.53 bits per heavy atom. The summed E-state index contributed by atoms with van der Waals surface area (Å²) in [6.07, 6.45) is 1.88. The van der Waals surface area contributed by atoms with Crippen molar-refractivity contribution in [3.05, 3.63) is 82.7 Å². The molecule has 8 nitrogen and oxygen atoms in total. The average Bonchev–Trinajstić information content (AvgIpc) is 3.48. The van der Waals surface area contributed by atoms with Crippen LogP contribution in [0.2, 0.25) is 0 Å². The van der Waals surface area contributed by atoms with E-state index in [2.05, 4.69) is 22.0 Å². The van der Waals surface area contributed by atoms with Gasteiger partial charge in [-0.1, -0.05) is 67.9 Å². The number of aromatic amines is 1. The van der Waals surface area contributed by atoms with Crippen molar-refractivity contribution in [1.29, 1.82) is 0 Å². The summed E-state index contributed by atoms with van der Waals surface area (Å²) in [5, 5.41) is 12.5. The zero-order valence-electron chi connectivity index (χ0n) is 19.6.